The van der Waals surface area contributed by atoms with Crippen molar-refractivity contribution in [2.45, 2.75) is 45.3 Å². The van der Waals surface area contributed by atoms with Gasteiger partial charge in [-0.15, -0.1) is 0 Å². The molecule has 0 spiro atoms. The summed E-state index contributed by atoms with van der Waals surface area (Å²) in [6.07, 6.45) is 3.25. The van der Waals surface area contributed by atoms with Crippen LogP contribution >= 0.6 is 11.6 Å². The molecule has 0 bridgehead atoms. The average Bonchev–Trinajstić information content (AvgIpc) is 3.37. The summed E-state index contributed by atoms with van der Waals surface area (Å²) in [5.41, 5.74) is 0.927. The monoisotopic (exact) mass is 486 g/mol. The maximum absolute atomic E-state index is 13.0. The van der Waals surface area contributed by atoms with Crippen LogP contribution in [0.3, 0.4) is 0 Å². The number of carbonyl (C=O) groups is 2. The number of ether oxygens (including phenoxy) is 3. The zero-order valence-corrected chi connectivity index (χ0v) is 20.5. The molecule has 1 saturated heterocycles. The van der Waals surface area contributed by atoms with E-state index in [0.717, 1.165) is 0 Å². The highest BCUT2D eigenvalue weighted by atomic mass is 35.5. The Balaban J connectivity index is 1.90. The second kappa shape index (κ2) is 8.98. The van der Waals surface area contributed by atoms with E-state index in [4.69, 9.17) is 30.8 Å². The number of amides is 1. The Morgan fingerprint density at radius 2 is 2.03 bits per heavy atom. The maximum atomic E-state index is 13.0. The normalized spacial score (nSPS) is 18.3. The van der Waals surface area contributed by atoms with Crippen molar-refractivity contribution in [1.29, 1.82) is 0 Å². The average molecular weight is 487 g/mol. The molecule has 1 amide bonds. The molecule has 10 heteroatoms. The molecule has 3 aromatic heterocycles. The number of hydrogen-bond donors (Lipinski definition) is 1. The van der Waals surface area contributed by atoms with Crippen LogP contribution in [-0.4, -0.2) is 52.5 Å². The number of nitrogens with one attached hydrogen (secondary N) is 1. The first-order valence-corrected chi connectivity index (χ1v) is 11.2. The number of pyridine rings is 2. The predicted octanol–water partition coefficient (Wildman–Crippen LogP) is 4.76. The fraction of sp³-hybridized carbons (Fsp3) is 0.417. The second-order valence-electron chi connectivity index (χ2n) is 9.22. The number of anilines is 1. The summed E-state index contributed by atoms with van der Waals surface area (Å²) < 4.78 is 18.3. The van der Waals surface area contributed by atoms with Crippen molar-refractivity contribution >= 4 is 40.3 Å². The lowest BCUT2D eigenvalue weighted by atomic mass is 9.97. The third-order valence-electron chi connectivity index (χ3n) is 5.49. The summed E-state index contributed by atoms with van der Waals surface area (Å²) in [4.78, 5) is 33.7. The zero-order chi connectivity index (χ0) is 24.7. The van der Waals surface area contributed by atoms with E-state index < -0.39 is 17.3 Å². The molecule has 4 heterocycles. The molecule has 1 fully saturated rings. The second-order valence-corrected chi connectivity index (χ2v) is 9.65. The molecule has 1 aliphatic heterocycles. The maximum Gasteiger partial charge on any atom is 0.419 e. The summed E-state index contributed by atoms with van der Waals surface area (Å²) in [6.45, 7) is 7.71. The summed E-state index contributed by atoms with van der Waals surface area (Å²) in [5, 5.41) is 3.80. The first-order valence-electron chi connectivity index (χ1n) is 10.8. The summed E-state index contributed by atoms with van der Waals surface area (Å²) in [6, 6.07) is 5.18. The van der Waals surface area contributed by atoms with E-state index in [2.05, 4.69) is 10.3 Å². The fourth-order valence-corrected chi connectivity index (χ4v) is 4.13. The summed E-state index contributed by atoms with van der Waals surface area (Å²) >= 11 is 6.50. The molecule has 1 atom stereocenters. The van der Waals surface area contributed by atoms with Crippen LogP contribution in [0.15, 0.2) is 30.6 Å². The Kier molecular flexibility index (Phi) is 6.37. The molecular formula is C24H27ClN4O5. The Morgan fingerprint density at radius 1 is 1.26 bits per heavy atom. The summed E-state index contributed by atoms with van der Waals surface area (Å²) in [5.74, 6) is 0.0920. The minimum absolute atomic E-state index is 0.258. The number of nitrogens with zero attached hydrogens (tertiary/aromatic N) is 3. The van der Waals surface area contributed by atoms with Crippen LogP contribution in [0.5, 0.6) is 0 Å². The van der Waals surface area contributed by atoms with E-state index in [1.54, 1.807) is 52.3 Å². The van der Waals surface area contributed by atoms with Gasteiger partial charge in [0.15, 0.2) is 0 Å². The van der Waals surface area contributed by atoms with Crippen LogP contribution in [0.25, 0.3) is 22.2 Å². The van der Waals surface area contributed by atoms with Gasteiger partial charge in [-0.1, -0.05) is 11.6 Å². The molecule has 0 aliphatic carbocycles. The molecule has 1 N–H and O–H groups in total. The molecule has 4 rings (SSSR count). The van der Waals surface area contributed by atoms with Gasteiger partial charge in [0.05, 0.1) is 29.7 Å². The molecule has 3 aromatic rings. The van der Waals surface area contributed by atoms with Gasteiger partial charge in [-0.2, -0.15) is 0 Å². The van der Waals surface area contributed by atoms with Crippen LogP contribution in [0.4, 0.5) is 10.6 Å². The smallest absolute Gasteiger partial charge is 0.419 e. The van der Waals surface area contributed by atoms with E-state index in [-0.39, 0.29) is 5.91 Å². The van der Waals surface area contributed by atoms with Gasteiger partial charge in [0, 0.05) is 49.2 Å². The molecule has 1 aliphatic rings. The third kappa shape index (κ3) is 4.77. The highest BCUT2D eigenvalue weighted by molar-refractivity contribution is 6.31. The molecule has 0 aromatic carbocycles. The SMILES string of the molecule is COC1(c2cc(Cl)cc(-c3cn(C(=O)OC(C)(C)C)c4cnc(NC(C)=O)cc34)n2)CCOC1. The number of halogens is 1. The highest BCUT2D eigenvalue weighted by Gasteiger charge is 2.39. The predicted molar refractivity (Wildman–Crippen MR) is 128 cm³/mol. The molecule has 180 valence electrons. The van der Waals surface area contributed by atoms with Gasteiger partial charge < -0.3 is 19.5 Å². The zero-order valence-electron chi connectivity index (χ0n) is 19.8. The molecule has 9 nitrogen and oxygen atoms in total. The van der Waals surface area contributed by atoms with Gasteiger partial charge in [0.2, 0.25) is 5.91 Å². The molecular weight excluding hydrogens is 460 g/mol. The minimum Gasteiger partial charge on any atom is -0.443 e. The van der Waals surface area contributed by atoms with Crippen molar-refractivity contribution in [2.75, 3.05) is 25.6 Å². The van der Waals surface area contributed by atoms with Crippen molar-refractivity contribution in [2.24, 2.45) is 0 Å². The van der Waals surface area contributed by atoms with E-state index in [1.807, 2.05) is 0 Å². The van der Waals surface area contributed by atoms with Crippen LogP contribution in [0.2, 0.25) is 5.02 Å². The topological polar surface area (TPSA) is 105 Å². The number of aromatic nitrogens is 3. The van der Waals surface area contributed by atoms with Crippen LogP contribution in [-0.2, 0) is 24.6 Å². The lowest BCUT2D eigenvalue weighted by Gasteiger charge is -2.25. The lowest BCUT2D eigenvalue weighted by Crippen LogP contribution is -2.30. The highest BCUT2D eigenvalue weighted by Crippen LogP contribution is 2.38. The van der Waals surface area contributed by atoms with Crippen LogP contribution in [0.1, 0.15) is 39.8 Å². The van der Waals surface area contributed by atoms with Crippen LogP contribution in [0, 0.1) is 0 Å². The van der Waals surface area contributed by atoms with E-state index in [1.165, 1.54) is 17.7 Å². The van der Waals surface area contributed by atoms with E-state index >= 15 is 0 Å². The van der Waals surface area contributed by atoms with Crippen molar-refractivity contribution in [1.82, 2.24) is 14.5 Å². The Bertz CT molecular complexity index is 1260. The summed E-state index contributed by atoms with van der Waals surface area (Å²) in [7, 11) is 1.62. The number of methoxy groups -OCH3 is 1. The van der Waals surface area contributed by atoms with E-state index in [0.29, 0.717) is 58.3 Å². The van der Waals surface area contributed by atoms with Gasteiger partial charge in [0.25, 0.3) is 0 Å². The van der Waals surface area contributed by atoms with Crippen molar-refractivity contribution < 1.29 is 23.8 Å². The molecule has 0 radical (unpaired) electrons. The molecule has 1 unspecified atom stereocenters. The molecule has 34 heavy (non-hydrogen) atoms. The van der Waals surface area contributed by atoms with Gasteiger partial charge in [0.1, 0.15) is 17.0 Å². The van der Waals surface area contributed by atoms with Gasteiger partial charge in [-0.05, 0) is 39.0 Å². The lowest BCUT2D eigenvalue weighted by molar-refractivity contribution is -0.114. The number of carbonyl (C=O) groups excluding carboxylic acids is 2. The third-order valence-corrected chi connectivity index (χ3v) is 5.71. The first-order chi connectivity index (χ1) is 16.0. The van der Waals surface area contributed by atoms with E-state index in [9.17, 15) is 9.59 Å². The fourth-order valence-electron chi connectivity index (χ4n) is 3.92. The number of fused-ring (bicyclic) bond motifs is 1. The van der Waals surface area contributed by atoms with Crippen molar-refractivity contribution in [3.8, 4) is 11.3 Å². The quantitative estimate of drug-likeness (QED) is 0.567. The van der Waals surface area contributed by atoms with Gasteiger partial charge in [-0.25, -0.2) is 14.8 Å². The first kappa shape index (κ1) is 24.1. The largest absolute Gasteiger partial charge is 0.443 e. The van der Waals surface area contributed by atoms with Gasteiger partial charge in [-0.3, -0.25) is 9.36 Å². The Labute approximate surface area is 202 Å². The van der Waals surface area contributed by atoms with Crippen molar-refractivity contribution in [3.05, 3.63) is 41.3 Å². The molecule has 0 saturated carbocycles. The van der Waals surface area contributed by atoms with Gasteiger partial charge >= 0.3 is 6.09 Å². The minimum atomic E-state index is -0.702. The standard InChI is InChI=1S/C24H27ClN4O5/c1-14(30)27-21-10-16-17(12-29(19(16)11-26-21)22(31)34-23(2,3)4)18-8-15(25)9-20(28-18)24(32-5)6-7-33-13-24/h8-12H,6-7,13H2,1-5H3,(H,26,27,30). The Morgan fingerprint density at radius 3 is 2.65 bits per heavy atom. The van der Waals surface area contributed by atoms with Crippen LogP contribution < -0.4 is 5.32 Å². The van der Waals surface area contributed by atoms with Crippen molar-refractivity contribution in [3.63, 3.8) is 0 Å². The number of rotatable bonds is 4. The Hall–Kier alpha value is -3.01. The number of hydrogen-bond acceptors (Lipinski definition) is 7.